The van der Waals surface area contributed by atoms with Gasteiger partial charge in [0.2, 0.25) is 0 Å². The third-order valence-corrected chi connectivity index (χ3v) is 3.45. The van der Waals surface area contributed by atoms with Gasteiger partial charge in [0.15, 0.2) is 0 Å². The molecule has 0 saturated heterocycles. The number of hydrogen-bond acceptors (Lipinski definition) is 1. The number of benzene rings is 1. The maximum atomic E-state index is 3.47. The molecule has 1 N–H and O–H groups in total. The van der Waals surface area contributed by atoms with E-state index in [0.29, 0.717) is 17.8 Å². The van der Waals surface area contributed by atoms with Crippen molar-refractivity contribution in [2.75, 3.05) is 13.1 Å². The SMILES string of the molecule is CCNCC(c1ccc(C(C)C)cc1)C(C)C. The maximum absolute atomic E-state index is 3.47. The van der Waals surface area contributed by atoms with Crippen molar-refractivity contribution in [3.8, 4) is 0 Å². The summed E-state index contributed by atoms with van der Waals surface area (Å²) in [6.45, 7) is 13.4. The molecule has 1 aromatic rings. The maximum Gasteiger partial charge on any atom is 0.00225 e. The van der Waals surface area contributed by atoms with Crippen LogP contribution in [-0.2, 0) is 0 Å². The first kappa shape index (κ1) is 14.2. The summed E-state index contributed by atoms with van der Waals surface area (Å²) in [5, 5.41) is 3.47. The lowest BCUT2D eigenvalue weighted by Crippen LogP contribution is -2.24. The number of nitrogens with one attached hydrogen (secondary N) is 1. The Bertz CT molecular complexity index is 311. The van der Waals surface area contributed by atoms with Crippen LogP contribution < -0.4 is 5.32 Å². The fourth-order valence-corrected chi connectivity index (χ4v) is 2.17. The van der Waals surface area contributed by atoms with Crippen molar-refractivity contribution in [3.63, 3.8) is 0 Å². The quantitative estimate of drug-likeness (QED) is 0.778. The Kier molecular flexibility index (Phi) is 5.70. The van der Waals surface area contributed by atoms with Crippen LogP contribution >= 0.6 is 0 Å². The molecule has 0 spiro atoms. The van der Waals surface area contributed by atoms with E-state index in [2.05, 4.69) is 64.2 Å². The molecule has 1 unspecified atom stereocenters. The van der Waals surface area contributed by atoms with Crippen LogP contribution in [0.15, 0.2) is 24.3 Å². The fourth-order valence-electron chi connectivity index (χ4n) is 2.17. The Labute approximate surface area is 107 Å². The third kappa shape index (κ3) is 4.16. The van der Waals surface area contributed by atoms with Gasteiger partial charge in [0.25, 0.3) is 0 Å². The van der Waals surface area contributed by atoms with Crippen LogP contribution in [0.4, 0.5) is 0 Å². The molecule has 1 aromatic carbocycles. The number of likely N-dealkylation sites (N-methyl/N-ethyl adjacent to an activating group) is 1. The zero-order chi connectivity index (χ0) is 12.8. The van der Waals surface area contributed by atoms with E-state index in [1.165, 1.54) is 11.1 Å². The molecule has 1 heteroatoms. The zero-order valence-electron chi connectivity index (χ0n) is 12.0. The predicted octanol–water partition coefficient (Wildman–Crippen LogP) is 4.16. The number of hydrogen-bond donors (Lipinski definition) is 1. The van der Waals surface area contributed by atoms with Crippen molar-refractivity contribution in [3.05, 3.63) is 35.4 Å². The summed E-state index contributed by atoms with van der Waals surface area (Å²) < 4.78 is 0. The Morgan fingerprint density at radius 2 is 1.47 bits per heavy atom. The molecule has 0 aliphatic heterocycles. The second-order valence-electron chi connectivity index (χ2n) is 5.48. The van der Waals surface area contributed by atoms with Crippen LogP contribution in [0.25, 0.3) is 0 Å². The first-order chi connectivity index (χ1) is 8.06. The van der Waals surface area contributed by atoms with Crippen molar-refractivity contribution >= 4 is 0 Å². The number of rotatable bonds is 6. The van der Waals surface area contributed by atoms with Gasteiger partial charge < -0.3 is 5.32 Å². The molecule has 0 aromatic heterocycles. The lowest BCUT2D eigenvalue weighted by molar-refractivity contribution is 0.467. The summed E-state index contributed by atoms with van der Waals surface area (Å²) >= 11 is 0. The molecule has 0 bridgehead atoms. The van der Waals surface area contributed by atoms with E-state index >= 15 is 0 Å². The van der Waals surface area contributed by atoms with E-state index in [4.69, 9.17) is 0 Å². The summed E-state index contributed by atoms with van der Waals surface area (Å²) in [4.78, 5) is 0. The van der Waals surface area contributed by atoms with Crippen LogP contribution in [0.3, 0.4) is 0 Å². The molecule has 1 atom stereocenters. The molecule has 0 aliphatic carbocycles. The minimum absolute atomic E-state index is 0.621. The second kappa shape index (κ2) is 6.80. The highest BCUT2D eigenvalue weighted by Crippen LogP contribution is 2.25. The molecule has 0 aliphatic rings. The van der Waals surface area contributed by atoms with Gasteiger partial charge in [-0.3, -0.25) is 0 Å². The second-order valence-corrected chi connectivity index (χ2v) is 5.48. The van der Waals surface area contributed by atoms with Crippen molar-refractivity contribution in [1.29, 1.82) is 0 Å². The Morgan fingerprint density at radius 3 is 1.88 bits per heavy atom. The largest absolute Gasteiger partial charge is 0.316 e. The van der Waals surface area contributed by atoms with Crippen LogP contribution in [-0.4, -0.2) is 13.1 Å². The normalized spacial score (nSPS) is 13.4. The van der Waals surface area contributed by atoms with Crippen LogP contribution in [0, 0.1) is 5.92 Å². The molecule has 1 nitrogen and oxygen atoms in total. The molecular weight excluding hydrogens is 206 g/mol. The van der Waals surface area contributed by atoms with Crippen molar-refractivity contribution in [2.24, 2.45) is 5.92 Å². The summed E-state index contributed by atoms with van der Waals surface area (Å²) in [6.07, 6.45) is 0. The van der Waals surface area contributed by atoms with Gasteiger partial charge in [-0.1, -0.05) is 58.9 Å². The predicted molar refractivity (Wildman–Crippen MR) is 76.7 cm³/mol. The van der Waals surface area contributed by atoms with E-state index < -0.39 is 0 Å². The summed E-state index contributed by atoms with van der Waals surface area (Å²) in [7, 11) is 0. The highest BCUT2D eigenvalue weighted by Gasteiger charge is 2.15. The fraction of sp³-hybridized carbons (Fsp3) is 0.625. The average molecular weight is 233 g/mol. The molecule has 0 fully saturated rings. The van der Waals surface area contributed by atoms with Crippen molar-refractivity contribution in [2.45, 2.75) is 46.5 Å². The molecule has 0 saturated carbocycles. The minimum atomic E-state index is 0.621. The molecule has 17 heavy (non-hydrogen) atoms. The van der Waals surface area contributed by atoms with E-state index in [1.54, 1.807) is 0 Å². The molecule has 0 heterocycles. The Morgan fingerprint density at radius 1 is 0.941 bits per heavy atom. The van der Waals surface area contributed by atoms with Crippen molar-refractivity contribution < 1.29 is 0 Å². The van der Waals surface area contributed by atoms with Gasteiger partial charge in [0.05, 0.1) is 0 Å². The van der Waals surface area contributed by atoms with Crippen molar-refractivity contribution in [1.82, 2.24) is 5.32 Å². The molecule has 1 rings (SSSR count). The highest BCUT2D eigenvalue weighted by molar-refractivity contribution is 5.27. The lowest BCUT2D eigenvalue weighted by atomic mass is 9.87. The van der Waals surface area contributed by atoms with Gasteiger partial charge >= 0.3 is 0 Å². The topological polar surface area (TPSA) is 12.0 Å². The highest BCUT2D eigenvalue weighted by atomic mass is 14.8. The van der Waals surface area contributed by atoms with Crippen LogP contribution in [0.1, 0.15) is 57.6 Å². The van der Waals surface area contributed by atoms with E-state index in [1.807, 2.05) is 0 Å². The summed E-state index contributed by atoms with van der Waals surface area (Å²) in [5.41, 5.74) is 2.89. The molecular formula is C16H27N. The standard InChI is InChI=1S/C16H27N/c1-6-17-11-16(13(4)5)15-9-7-14(8-10-15)12(2)3/h7-10,12-13,16-17H,6,11H2,1-5H3. The Balaban J connectivity index is 2.80. The lowest BCUT2D eigenvalue weighted by Gasteiger charge is -2.22. The third-order valence-electron chi connectivity index (χ3n) is 3.45. The van der Waals surface area contributed by atoms with Gasteiger partial charge in [-0.25, -0.2) is 0 Å². The summed E-state index contributed by atoms with van der Waals surface area (Å²) in [5.74, 6) is 1.92. The average Bonchev–Trinajstić information content (AvgIpc) is 2.29. The first-order valence-corrected chi connectivity index (χ1v) is 6.86. The van der Waals surface area contributed by atoms with Gasteiger partial charge in [-0.2, -0.15) is 0 Å². The van der Waals surface area contributed by atoms with Crippen LogP contribution in [0.5, 0.6) is 0 Å². The summed E-state index contributed by atoms with van der Waals surface area (Å²) in [6, 6.07) is 9.16. The molecule has 96 valence electrons. The molecule has 0 amide bonds. The van der Waals surface area contributed by atoms with E-state index in [9.17, 15) is 0 Å². The van der Waals surface area contributed by atoms with Crippen LogP contribution in [0.2, 0.25) is 0 Å². The van der Waals surface area contributed by atoms with Gasteiger partial charge in [-0.05, 0) is 35.4 Å². The Hall–Kier alpha value is -0.820. The van der Waals surface area contributed by atoms with E-state index in [0.717, 1.165) is 13.1 Å². The van der Waals surface area contributed by atoms with Gasteiger partial charge in [0.1, 0.15) is 0 Å². The van der Waals surface area contributed by atoms with E-state index in [-0.39, 0.29) is 0 Å². The smallest absolute Gasteiger partial charge is 0.00225 e. The van der Waals surface area contributed by atoms with Gasteiger partial charge in [-0.15, -0.1) is 0 Å². The molecule has 0 radical (unpaired) electrons. The zero-order valence-corrected chi connectivity index (χ0v) is 12.0. The first-order valence-electron chi connectivity index (χ1n) is 6.86. The van der Waals surface area contributed by atoms with Gasteiger partial charge in [0, 0.05) is 6.54 Å². The minimum Gasteiger partial charge on any atom is -0.316 e. The monoisotopic (exact) mass is 233 g/mol.